The molecular formula is C12H15N3O5S. The van der Waals surface area contributed by atoms with Crippen LogP contribution in [0.3, 0.4) is 0 Å². The Morgan fingerprint density at radius 3 is 2.86 bits per heavy atom. The number of aromatic amines is 1. The number of morpholine rings is 1. The van der Waals surface area contributed by atoms with Gasteiger partial charge in [-0.25, -0.2) is 9.59 Å². The summed E-state index contributed by atoms with van der Waals surface area (Å²) in [5.74, 6) is -1.58. The Kier molecular flexibility index (Phi) is 4.63. The minimum absolute atomic E-state index is 0.0501. The summed E-state index contributed by atoms with van der Waals surface area (Å²) in [5.41, 5.74) is 0.0698. The molecule has 21 heavy (non-hydrogen) atoms. The molecule has 1 amide bonds. The summed E-state index contributed by atoms with van der Waals surface area (Å²) >= 11 is 1.17. The van der Waals surface area contributed by atoms with Crippen LogP contribution < -0.4 is 5.69 Å². The summed E-state index contributed by atoms with van der Waals surface area (Å²) in [6.07, 6.45) is 1.70. The fourth-order valence-corrected chi connectivity index (χ4v) is 2.77. The number of carboxylic acid groups (broad SMARTS) is 1. The van der Waals surface area contributed by atoms with Gasteiger partial charge >= 0.3 is 11.7 Å². The predicted octanol–water partition coefficient (Wildman–Crippen LogP) is -0.274. The first-order valence-electron chi connectivity index (χ1n) is 6.22. The Balaban J connectivity index is 2.43. The average Bonchev–Trinajstić information content (AvgIpc) is 2.45. The van der Waals surface area contributed by atoms with E-state index >= 15 is 0 Å². The molecule has 1 aromatic heterocycles. The van der Waals surface area contributed by atoms with Gasteiger partial charge in [0.15, 0.2) is 6.04 Å². The standard InChI is InChI=1S/C12H15N3O5S/c1-6-8(9(21-2)14-12(19)13-6)10(16)15-3-4-20-5-7(15)11(17)18/h7H,3-5H2,1-2H3,(H,17,18)(H,13,14,19). The van der Waals surface area contributed by atoms with E-state index in [4.69, 9.17) is 4.74 Å². The molecule has 1 aromatic rings. The smallest absolute Gasteiger partial charge is 0.346 e. The number of ether oxygens (including phenoxy) is 1. The van der Waals surface area contributed by atoms with E-state index in [1.165, 1.54) is 16.7 Å². The maximum Gasteiger partial charge on any atom is 0.346 e. The van der Waals surface area contributed by atoms with Gasteiger partial charge in [-0.15, -0.1) is 11.8 Å². The lowest BCUT2D eigenvalue weighted by Crippen LogP contribution is -2.53. The SMILES string of the molecule is CSc1nc(=O)[nH]c(C)c1C(=O)N1CCOCC1C(=O)O. The van der Waals surface area contributed by atoms with Crippen molar-refractivity contribution >= 4 is 23.6 Å². The van der Waals surface area contributed by atoms with Gasteiger partial charge in [0.25, 0.3) is 5.91 Å². The topological polar surface area (TPSA) is 113 Å². The van der Waals surface area contributed by atoms with Gasteiger partial charge in [-0.05, 0) is 13.2 Å². The number of thioether (sulfide) groups is 1. The number of amides is 1. The number of rotatable bonds is 3. The number of aliphatic carboxylic acids is 1. The molecule has 1 saturated heterocycles. The van der Waals surface area contributed by atoms with Crippen molar-refractivity contribution in [3.63, 3.8) is 0 Å². The first kappa shape index (κ1) is 15.5. The number of nitrogens with zero attached hydrogens (tertiary/aromatic N) is 2. The van der Waals surface area contributed by atoms with Crippen LogP contribution in [0, 0.1) is 6.92 Å². The molecule has 1 unspecified atom stereocenters. The van der Waals surface area contributed by atoms with Gasteiger partial charge in [-0.2, -0.15) is 4.98 Å². The second kappa shape index (κ2) is 6.27. The summed E-state index contributed by atoms with van der Waals surface area (Å²) in [5, 5.41) is 9.48. The highest BCUT2D eigenvalue weighted by Crippen LogP contribution is 2.22. The van der Waals surface area contributed by atoms with Crippen LogP contribution in [0.15, 0.2) is 9.82 Å². The lowest BCUT2D eigenvalue weighted by Gasteiger charge is -2.33. The minimum Gasteiger partial charge on any atom is -0.480 e. The van der Waals surface area contributed by atoms with Gasteiger partial charge in [0, 0.05) is 12.2 Å². The second-order valence-electron chi connectivity index (χ2n) is 4.48. The highest BCUT2D eigenvalue weighted by molar-refractivity contribution is 7.98. The van der Waals surface area contributed by atoms with Crippen LogP contribution in [0.5, 0.6) is 0 Å². The van der Waals surface area contributed by atoms with Crippen molar-refractivity contribution in [2.75, 3.05) is 26.0 Å². The number of aromatic nitrogens is 2. The summed E-state index contributed by atoms with van der Waals surface area (Å²) in [7, 11) is 0. The number of carbonyl (C=O) groups is 2. The lowest BCUT2D eigenvalue weighted by atomic mass is 10.1. The normalized spacial score (nSPS) is 18.6. The summed E-state index contributed by atoms with van der Waals surface area (Å²) in [6.45, 7) is 2.00. The van der Waals surface area contributed by atoms with Gasteiger partial charge in [0.2, 0.25) is 0 Å². The van der Waals surface area contributed by atoms with Gasteiger partial charge in [0.1, 0.15) is 5.03 Å². The number of carboxylic acids is 1. The first-order chi connectivity index (χ1) is 9.95. The molecular weight excluding hydrogens is 298 g/mol. The van der Waals surface area contributed by atoms with Crippen molar-refractivity contribution in [3.05, 3.63) is 21.7 Å². The van der Waals surface area contributed by atoms with Gasteiger partial charge in [-0.3, -0.25) is 4.79 Å². The largest absolute Gasteiger partial charge is 0.480 e. The zero-order valence-corrected chi connectivity index (χ0v) is 12.4. The fourth-order valence-electron chi connectivity index (χ4n) is 2.15. The Hall–Kier alpha value is -1.87. The second-order valence-corrected chi connectivity index (χ2v) is 5.27. The van der Waals surface area contributed by atoms with Crippen LogP contribution in [0.25, 0.3) is 0 Å². The molecule has 2 heterocycles. The fraction of sp³-hybridized carbons (Fsp3) is 0.500. The monoisotopic (exact) mass is 313 g/mol. The van der Waals surface area contributed by atoms with Gasteiger partial charge in [-0.1, -0.05) is 0 Å². The molecule has 1 aliphatic heterocycles. The molecule has 1 aliphatic rings. The maximum absolute atomic E-state index is 12.7. The third-order valence-corrected chi connectivity index (χ3v) is 3.85. The highest BCUT2D eigenvalue weighted by atomic mass is 32.2. The van der Waals surface area contributed by atoms with Gasteiger partial charge in [0.05, 0.1) is 18.8 Å². The number of H-pyrrole nitrogens is 1. The zero-order chi connectivity index (χ0) is 15.6. The number of hydrogen-bond acceptors (Lipinski definition) is 6. The van der Waals surface area contributed by atoms with Gasteiger partial charge < -0.3 is 19.7 Å². The molecule has 0 bridgehead atoms. The van der Waals surface area contributed by atoms with Crippen LogP contribution in [0.4, 0.5) is 0 Å². The predicted molar refractivity (Wildman–Crippen MR) is 74.7 cm³/mol. The van der Waals surface area contributed by atoms with Crippen LogP contribution in [-0.4, -0.2) is 63.9 Å². The third-order valence-electron chi connectivity index (χ3n) is 3.17. The molecule has 0 spiro atoms. The van der Waals surface area contributed by atoms with E-state index in [1.807, 2.05) is 0 Å². The van der Waals surface area contributed by atoms with E-state index < -0.39 is 23.6 Å². The summed E-state index contributed by atoms with van der Waals surface area (Å²) in [4.78, 5) is 42.8. The Morgan fingerprint density at radius 1 is 1.52 bits per heavy atom. The molecule has 0 aliphatic carbocycles. The molecule has 0 saturated carbocycles. The molecule has 2 rings (SSSR count). The van der Waals surface area contributed by atoms with E-state index in [0.29, 0.717) is 5.69 Å². The van der Waals surface area contributed by atoms with Crippen molar-refractivity contribution in [2.24, 2.45) is 0 Å². The van der Waals surface area contributed by atoms with Crippen LogP contribution in [0.2, 0.25) is 0 Å². The maximum atomic E-state index is 12.7. The average molecular weight is 313 g/mol. The molecule has 0 radical (unpaired) electrons. The Bertz CT molecular complexity index is 630. The molecule has 1 fully saturated rings. The summed E-state index contributed by atoms with van der Waals surface area (Å²) < 4.78 is 5.11. The molecule has 8 nitrogen and oxygen atoms in total. The van der Waals surface area contributed by atoms with E-state index in [1.54, 1.807) is 13.2 Å². The van der Waals surface area contributed by atoms with E-state index in [0.717, 1.165) is 0 Å². The van der Waals surface area contributed by atoms with E-state index in [2.05, 4.69) is 9.97 Å². The lowest BCUT2D eigenvalue weighted by molar-refractivity contribution is -0.147. The van der Waals surface area contributed by atoms with Crippen molar-refractivity contribution in [1.82, 2.24) is 14.9 Å². The van der Waals surface area contributed by atoms with Crippen molar-refractivity contribution in [3.8, 4) is 0 Å². The molecule has 2 N–H and O–H groups in total. The zero-order valence-electron chi connectivity index (χ0n) is 11.6. The van der Waals surface area contributed by atoms with Crippen molar-refractivity contribution in [1.29, 1.82) is 0 Å². The number of nitrogens with one attached hydrogen (secondary N) is 1. The third kappa shape index (κ3) is 3.08. The Morgan fingerprint density at radius 2 is 2.24 bits per heavy atom. The molecule has 0 aromatic carbocycles. The first-order valence-corrected chi connectivity index (χ1v) is 7.44. The molecule has 1 atom stereocenters. The quantitative estimate of drug-likeness (QED) is 0.583. The van der Waals surface area contributed by atoms with Crippen LogP contribution in [-0.2, 0) is 9.53 Å². The molecule has 114 valence electrons. The number of hydrogen-bond donors (Lipinski definition) is 2. The van der Waals surface area contributed by atoms with Crippen LogP contribution in [0.1, 0.15) is 16.1 Å². The highest BCUT2D eigenvalue weighted by Gasteiger charge is 2.35. The van der Waals surface area contributed by atoms with Crippen LogP contribution >= 0.6 is 11.8 Å². The Labute approximate surface area is 124 Å². The minimum atomic E-state index is -1.12. The van der Waals surface area contributed by atoms with Crippen molar-refractivity contribution < 1.29 is 19.4 Å². The summed E-state index contributed by atoms with van der Waals surface area (Å²) in [6, 6.07) is -1.03. The van der Waals surface area contributed by atoms with Crippen molar-refractivity contribution in [2.45, 2.75) is 18.0 Å². The molecule has 9 heteroatoms. The van der Waals surface area contributed by atoms with E-state index in [-0.39, 0.29) is 30.3 Å². The number of carbonyl (C=O) groups excluding carboxylic acids is 1. The van der Waals surface area contributed by atoms with E-state index in [9.17, 15) is 19.5 Å². The number of aryl methyl sites for hydroxylation is 1.